The SMILES string of the molecule is CCNC1CCC(C)C(C(C)C)C1. The van der Waals surface area contributed by atoms with Gasteiger partial charge < -0.3 is 5.32 Å². The molecule has 0 amide bonds. The number of rotatable bonds is 3. The van der Waals surface area contributed by atoms with Gasteiger partial charge in [-0.15, -0.1) is 0 Å². The van der Waals surface area contributed by atoms with E-state index in [4.69, 9.17) is 0 Å². The van der Waals surface area contributed by atoms with Crippen molar-refractivity contribution in [3.8, 4) is 0 Å². The minimum Gasteiger partial charge on any atom is -0.314 e. The third-order valence-electron chi connectivity index (χ3n) is 3.61. The highest BCUT2D eigenvalue weighted by molar-refractivity contribution is 4.83. The number of hydrogen-bond acceptors (Lipinski definition) is 1. The van der Waals surface area contributed by atoms with Gasteiger partial charge in [-0.3, -0.25) is 0 Å². The van der Waals surface area contributed by atoms with Crippen LogP contribution in [0, 0.1) is 17.8 Å². The van der Waals surface area contributed by atoms with Gasteiger partial charge in [-0.1, -0.05) is 27.7 Å². The van der Waals surface area contributed by atoms with E-state index in [0.717, 1.165) is 30.3 Å². The van der Waals surface area contributed by atoms with Gasteiger partial charge in [0.05, 0.1) is 0 Å². The zero-order chi connectivity index (χ0) is 9.84. The molecule has 13 heavy (non-hydrogen) atoms. The van der Waals surface area contributed by atoms with Crippen LogP contribution in [0.5, 0.6) is 0 Å². The van der Waals surface area contributed by atoms with E-state index in [1.165, 1.54) is 19.3 Å². The lowest BCUT2D eigenvalue weighted by Gasteiger charge is -2.37. The van der Waals surface area contributed by atoms with E-state index in [2.05, 4.69) is 33.0 Å². The van der Waals surface area contributed by atoms with Crippen LogP contribution in [-0.2, 0) is 0 Å². The first-order chi connectivity index (χ1) is 6.15. The second-order valence-electron chi connectivity index (χ2n) is 4.95. The first-order valence-electron chi connectivity index (χ1n) is 5.88. The summed E-state index contributed by atoms with van der Waals surface area (Å²) in [5, 5.41) is 3.59. The molecule has 0 saturated heterocycles. The Labute approximate surface area is 83.3 Å². The van der Waals surface area contributed by atoms with E-state index in [-0.39, 0.29) is 0 Å². The lowest BCUT2D eigenvalue weighted by atomic mass is 9.72. The van der Waals surface area contributed by atoms with Crippen LogP contribution in [0.4, 0.5) is 0 Å². The maximum atomic E-state index is 3.59. The normalized spacial score (nSPS) is 35.3. The van der Waals surface area contributed by atoms with Crippen molar-refractivity contribution in [2.24, 2.45) is 17.8 Å². The number of hydrogen-bond donors (Lipinski definition) is 1. The summed E-state index contributed by atoms with van der Waals surface area (Å²) in [4.78, 5) is 0. The van der Waals surface area contributed by atoms with Crippen molar-refractivity contribution in [1.82, 2.24) is 5.32 Å². The van der Waals surface area contributed by atoms with E-state index >= 15 is 0 Å². The van der Waals surface area contributed by atoms with Gasteiger partial charge in [0.1, 0.15) is 0 Å². The molecule has 1 rings (SSSR count). The molecule has 78 valence electrons. The summed E-state index contributed by atoms with van der Waals surface area (Å²) in [7, 11) is 0. The highest BCUT2D eigenvalue weighted by Gasteiger charge is 2.28. The van der Waals surface area contributed by atoms with Crippen LogP contribution >= 0.6 is 0 Å². The van der Waals surface area contributed by atoms with Gasteiger partial charge >= 0.3 is 0 Å². The van der Waals surface area contributed by atoms with Crippen molar-refractivity contribution in [2.45, 2.75) is 53.0 Å². The summed E-state index contributed by atoms with van der Waals surface area (Å²) < 4.78 is 0. The van der Waals surface area contributed by atoms with Crippen molar-refractivity contribution in [3.63, 3.8) is 0 Å². The van der Waals surface area contributed by atoms with Gasteiger partial charge in [0.2, 0.25) is 0 Å². The molecule has 1 fully saturated rings. The summed E-state index contributed by atoms with van der Waals surface area (Å²) in [5.74, 6) is 2.74. The van der Waals surface area contributed by atoms with Crippen LogP contribution in [0.25, 0.3) is 0 Å². The van der Waals surface area contributed by atoms with Gasteiger partial charge in [-0.25, -0.2) is 0 Å². The Hall–Kier alpha value is -0.0400. The Morgan fingerprint density at radius 3 is 2.54 bits per heavy atom. The van der Waals surface area contributed by atoms with Gasteiger partial charge in [-0.05, 0) is 43.6 Å². The lowest BCUT2D eigenvalue weighted by molar-refractivity contribution is 0.164. The fourth-order valence-corrected chi connectivity index (χ4v) is 2.76. The molecule has 3 unspecified atom stereocenters. The third-order valence-corrected chi connectivity index (χ3v) is 3.61. The molecule has 0 aromatic heterocycles. The first kappa shape index (κ1) is 11.0. The molecule has 3 atom stereocenters. The maximum Gasteiger partial charge on any atom is 0.00698 e. The standard InChI is InChI=1S/C12H25N/c1-5-13-11-7-6-10(4)12(8-11)9(2)3/h9-13H,5-8H2,1-4H3. The lowest BCUT2D eigenvalue weighted by Crippen LogP contribution is -2.38. The largest absolute Gasteiger partial charge is 0.314 e. The quantitative estimate of drug-likeness (QED) is 0.709. The van der Waals surface area contributed by atoms with Crippen molar-refractivity contribution in [2.75, 3.05) is 6.54 Å². The zero-order valence-electron chi connectivity index (χ0n) is 9.64. The summed E-state index contributed by atoms with van der Waals surface area (Å²) >= 11 is 0. The molecular formula is C12H25N. The highest BCUT2D eigenvalue weighted by atomic mass is 14.9. The van der Waals surface area contributed by atoms with E-state index in [1.807, 2.05) is 0 Å². The molecule has 1 nitrogen and oxygen atoms in total. The monoisotopic (exact) mass is 183 g/mol. The Morgan fingerprint density at radius 1 is 1.31 bits per heavy atom. The summed E-state index contributed by atoms with van der Waals surface area (Å²) in [6.45, 7) is 10.5. The third kappa shape index (κ3) is 2.98. The average molecular weight is 183 g/mol. The molecule has 1 aliphatic rings. The van der Waals surface area contributed by atoms with Gasteiger partial charge in [0, 0.05) is 6.04 Å². The van der Waals surface area contributed by atoms with Crippen LogP contribution in [0.3, 0.4) is 0 Å². The minimum absolute atomic E-state index is 0.800. The molecule has 0 aromatic carbocycles. The molecule has 0 aliphatic heterocycles. The molecule has 0 bridgehead atoms. The van der Waals surface area contributed by atoms with Crippen LogP contribution in [0.15, 0.2) is 0 Å². The fraction of sp³-hybridized carbons (Fsp3) is 1.00. The predicted molar refractivity (Wildman–Crippen MR) is 58.8 cm³/mol. The zero-order valence-corrected chi connectivity index (χ0v) is 9.64. The molecule has 1 heteroatoms. The Bertz CT molecular complexity index is 142. The fourth-order valence-electron chi connectivity index (χ4n) is 2.76. The van der Waals surface area contributed by atoms with Crippen LogP contribution in [0.2, 0.25) is 0 Å². The highest BCUT2D eigenvalue weighted by Crippen LogP contribution is 2.34. The van der Waals surface area contributed by atoms with E-state index < -0.39 is 0 Å². The van der Waals surface area contributed by atoms with Crippen molar-refractivity contribution < 1.29 is 0 Å². The van der Waals surface area contributed by atoms with Gasteiger partial charge in [0.25, 0.3) is 0 Å². The Kier molecular flexibility index (Phi) is 4.24. The average Bonchev–Trinajstić information content (AvgIpc) is 2.08. The Balaban J connectivity index is 2.43. The summed E-state index contributed by atoms with van der Waals surface area (Å²) in [6.07, 6.45) is 4.20. The van der Waals surface area contributed by atoms with E-state index in [0.29, 0.717) is 0 Å². The first-order valence-corrected chi connectivity index (χ1v) is 5.88. The molecule has 0 aromatic rings. The van der Waals surface area contributed by atoms with Crippen molar-refractivity contribution in [3.05, 3.63) is 0 Å². The molecule has 0 spiro atoms. The maximum absolute atomic E-state index is 3.59. The van der Waals surface area contributed by atoms with Crippen LogP contribution in [0.1, 0.15) is 47.0 Å². The molecule has 1 N–H and O–H groups in total. The molecular weight excluding hydrogens is 158 g/mol. The van der Waals surface area contributed by atoms with Gasteiger partial charge in [-0.2, -0.15) is 0 Å². The second kappa shape index (κ2) is 4.99. The van der Waals surface area contributed by atoms with Crippen molar-refractivity contribution in [1.29, 1.82) is 0 Å². The predicted octanol–water partition coefficient (Wildman–Crippen LogP) is 3.06. The van der Waals surface area contributed by atoms with Crippen LogP contribution < -0.4 is 5.32 Å². The second-order valence-corrected chi connectivity index (χ2v) is 4.95. The smallest absolute Gasteiger partial charge is 0.00698 e. The topological polar surface area (TPSA) is 12.0 Å². The van der Waals surface area contributed by atoms with E-state index in [1.54, 1.807) is 0 Å². The van der Waals surface area contributed by atoms with Crippen LogP contribution in [-0.4, -0.2) is 12.6 Å². The molecule has 0 heterocycles. The Morgan fingerprint density at radius 2 is 2.00 bits per heavy atom. The van der Waals surface area contributed by atoms with E-state index in [9.17, 15) is 0 Å². The molecule has 1 saturated carbocycles. The summed E-state index contributed by atoms with van der Waals surface area (Å²) in [5.41, 5.74) is 0. The van der Waals surface area contributed by atoms with Crippen molar-refractivity contribution >= 4 is 0 Å². The molecule has 0 radical (unpaired) electrons. The summed E-state index contributed by atoms with van der Waals surface area (Å²) in [6, 6.07) is 0.800. The number of nitrogens with one attached hydrogen (secondary N) is 1. The minimum atomic E-state index is 0.800. The molecule has 1 aliphatic carbocycles. The van der Waals surface area contributed by atoms with Gasteiger partial charge in [0.15, 0.2) is 0 Å².